The summed E-state index contributed by atoms with van der Waals surface area (Å²) in [5.74, 6) is -1.42. The van der Waals surface area contributed by atoms with Crippen molar-refractivity contribution in [2.75, 3.05) is 41.7 Å². The van der Waals surface area contributed by atoms with Crippen molar-refractivity contribution in [2.45, 2.75) is 12.6 Å². The molecule has 8 nitrogen and oxygen atoms in total. The summed E-state index contributed by atoms with van der Waals surface area (Å²) in [4.78, 5) is 22.5. The van der Waals surface area contributed by atoms with Crippen LogP contribution < -0.4 is 0 Å². The van der Waals surface area contributed by atoms with Gasteiger partial charge in [-0.25, -0.2) is 9.59 Å². The Morgan fingerprint density at radius 2 is 1.05 bits per heavy atom. The zero-order valence-corrected chi connectivity index (χ0v) is 12.0. The van der Waals surface area contributed by atoms with E-state index < -0.39 is 24.5 Å². The summed E-state index contributed by atoms with van der Waals surface area (Å²) in [6.45, 7) is -0.165. The van der Waals surface area contributed by atoms with Crippen molar-refractivity contribution in [1.82, 2.24) is 0 Å². The zero-order chi connectivity index (χ0) is 15.4. The van der Waals surface area contributed by atoms with Crippen LogP contribution in [0.15, 0.2) is 12.2 Å². The summed E-state index contributed by atoms with van der Waals surface area (Å²) in [5, 5.41) is 0. The molecule has 0 heterocycles. The van der Waals surface area contributed by atoms with E-state index in [0.717, 1.165) is 12.2 Å². The molecule has 0 saturated heterocycles. The van der Waals surface area contributed by atoms with Crippen LogP contribution >= 0.6 is 0 Å². The first-order chi connectivity index (χ1) is 9.57. The molecular weight excluding hydrogens is 272 g/mol. The molecule has 0 aliphatic rings. The van der Waals surface area contributed by atoms with E-state index >= 15 is 0 Å². The molecule has 0 amide bonds. The van der Waals surface area contributed by atoms with Gasteiger partial charge in [-0.1, -0.05) is 0 Å². The van der Waals surface area contributed by atoms with Crippen molar-refractivity contribution in [3.05, 3.63) is 12.2 Å². The lowest BCUT2D eigenvalue weighted by Crippen LogP contribution is -2.22. The van der Waals surface area contributed by atoms with Crippen LogP contribution in [0.4, 0.5) is 0 Å². The third kappa shape index (κ3) is 8.59. The van der Waals surface area contributed by atoms with E-state index in [2.05, 4.69) is 0 Å². The van der Waals surface area contributed by atoms with Crippen molar-refractivity contribution in [3.63, 3.8) is 0 Å². The van der Waals surface area contributed by atoms with E-state index in [1.807, 2.05) is 0 Å². The van der Waals surface area contributed by atoms with Gasteiger partial charge in [0.2, 0.25) is 0 Å². The van der Waals surface area contributed by atoms with Gasteiger partial charge in [0.15, 0.2) is 12.6 Å². The highest BCUT2D eigenvalue weighted by atomic mass is 16.7. The highest BCUT2D eigenvalue weighted by molar-refractivity contribution is 5.91. The van der Waals surface area contributed by atoms with Crippen LogP contribution in [0.1, 0.15) is 0 Å². The first-order valence-corrected chi connectivity index (χ1v) is 5.70. The Hall–Kier alpha value is -1.48. The number of carbonyl (C=O) groups is 2. The van der Waals surface area contributed by atoms with Crippen LogP contribution in [0.5, 0.6) is 0 Å². The van der Waals surface area contributed by atoms with Gasteiger partial charge in [-0.15, -0.1) is 0 Å². The summed E-state index contributed by atoms with van der Waals surface area (Å²) < 4.78 is 28.8. The second kappa shape index (κ2) is 11.4. The molecule has 0 N–H and O–H groups in total. The van der Waals surface area contributed by atoms with Gasteiger partial charge in [0.25, 0.3) is 0 Å². The van der Waals surface area contributed by atoms with Gasteiger partial charge in [0, 0.05) is 40.6 Å². The number of rotatable bonds is 10. The summed E-state index contributed by atoms with van der Waals surface area (Å²) in [6.07, 6.45) is 0.588. The highest BCUT2D eigenvalue weighted by Crippen LogP contribution is 1.95. The molecule has 0 saturated carbocycles. The molecular formula is C12H20O8. The van der Waals surface area contributed by atoms with E-state index in [1.165, 1.54) is 28.4 Å². The third-order valence-corrected chi connectivity index (χ3v) is 2.13. The molecule has 0 aromatic rings. The topological polar surface area (TPSA) is 89.5 Å². The molecule has 116 valence electrons. The van der Waals surface area contributed by atoms with E-state index in [-0.39, 0.29) is 13.2 Å². The SMILES string of the molecule is COC(COC(=O)/C=C\C(=O)OCC(OC)OC)OC. The van der Waals surface area contributed by atoms with Crippen LogP contribution in [0.3, 0.4) is 0 Å². The predicted molar refractivity (Wildman–Crippen MR) is 66.7 cm³/mol. The second-order valence-corrected chi connectivity index (χ2v) is 3.40. The zero-order valence-electron chi connectivity index (χ0n) is 12.0. The number of methoxy groups -OCH3 is 4. The second-order valence-electron chi connectivity index (χ2n) is 3.40. The molecule has 0 rings (SSSR count). The van der Waals surface area contributed by atoms with Gasteiger partial charge in [0.05, 0.1) is 0 Å². The lowest BCUT2D eigenvalue weighted by molar-refractivity contribution is -0.163. The Morgan fingerprint density at radius 3 is 1.30 bits per heavy atom. The summed E-state index contributed by atoms with van der Waals surface area (Å²) in [7, 11) is 5.66. The molecule has 0 radical (unpaired) electrons. The maximum absolute atomic E-state index is 11.3. The van der Waals surface area contributed by atoms with Crippen LogP contribution in [0.25, 0.3) is 0 Å². The van der Waals surface area contributed by atoms with E-state index in [0.29, 0.717) is 0 Å². The maximum Gasteiger partial charge on any atom is 0.331 e. The molecule has 8 heteroatoms. The number of hydrogen-bond acceptors (Lipinski definition) is 8. The number of carbonyl (C=O) groups excluding carboxylic acids is 2. The van der Waals surface area contributed by atoms with E-state index in [9.17, 15) is 9.59 Å². The molecule has 0 aliphatic carbocycles. The van der Waals surface area contributed by atoms with E-state index in [4.69, 9.17) is 28.4 Å². The fraction of sp³-hybridized carbons (Fsp3) is 0.667. The summed E-state index contributed by atoms with van der Waals surface area (Å²) in [5.41, 5.74) is 0. The Kier molecular flexibility index (Phi) is 10.5. The molecule has 0 spiro atoms. The van der Waals surface area contributed by atoms with Gasteiger partial charge in [-0.2, -0.15) is 0 Å². The molecule has 0 fully saturated rings. The Balaban J connectivity index is 3.96. The molecule has 0 aliphatic heterocycles. The van der Waals surface area contributed by atoms with E-state index in [1.54, 1.807) is 0 Å². The Labute approximate surface area is 117 Å². The minimum Gasteiger partial charge on any atom is -0.457 e. The minimum atomic E-state index is -0.712. The quantitative estimate of drug-likeness (QED) is 0.312. The largest absolute Gasteiger partial charge is 0.457 e. The molecule has 0 atom stereocenters. The molecule has 0 aromatic heterocycles. The molecule has 0 unspecified atom stereocenters. The number of ether oxygens (including phenoxy) is 6. The van der Waals surface area contributed by atoms with Gasteiger partial charge in [0.1, 0.15) is 13.2 Å². The fourth-order valence-electron chi connectivity index (χ4n) is 0.997. The molecule has 20 heavy (non-hydrogen) atoms. The van der Waals surface area contributed by atoms with Crippen molar-refractivity contribution >= 4 is 11.9 Å². The monoisotopic (exact) mass is 292 g/mol. The van der Waals surface area contributed by atoms with Crippen LogP contribution in [0.2, 0.25) is 0 Å². The van der Waals surface area contributed by atoms with Crippen molar-refractivity contribution < 1.29 is 38.0 Å². The number of esters is 2. The van der Waals surface area contributed by atoms with Crippen molar-refractivity contribution in [3.8, 4) is 0 Å². The molecule has 0 bridgehead atoms. The first kappa shape index (κ1) is 18.5. The maximum atomic E-state index is 11.3. The average molecular weight is 292 g/mol. The standard InChI is InChI=1S/C12H20O8/c1-15-11(16-2)7-19-9(13)5-6-10(14)20-8-12(17-3)18-4/h5-6,11-12H,7-8H2,1-4H3/b6-5-. The van der Waals surface area contributed by atoms with Crippen LogP contribution in [-0.2, 0) is 38.0 Å². The molecule has 0 aromatic carbocycles. The average Bonchev–Trinajstić information content (AvgIpc) is 2.47. The van der Waals surface area contributed by atoms with Gasteiger partial charge in [-0.3, -0.25) is 0 Å². The third-order valence-electron chi connectivity index (χ3n) is 2.13. The minimum absolute atomic E-state index is 0.0827. The Morgan fingerprint density at radius 1 is 0.750 bits per heavy atom. The Bertz CT molecular complexity index is 277. The van der Waals surface area contributed by atoms with Crippen LogP contribution in [-0.4, -0.2) is 66.2 Å². The lowest BCUT2D eigenvalue weighted by Gasteiger charge is -2.12. The lowest BCUT2D eigenvalue weighted by atomic mass is 10.5. The van der Waals surface area contributed by atoms with Crippen molar-refractivity contribution in [1.29, 1.82) is 0 Å². The summed E-state index contributed by atoms with van der Waals surface area (Å²) >= 11 is 0. The predicted octanol–water partition coefficient (Wildman–Crippen LogP) is -0.133. The highest BCUT2D eigenvalue weighted by Gasteiger charge is 2.10. The summed E-state index contributed by atoms with van der Waals surface area (Å²) in [6, 6.07) is 0. The van der Waals surface area contributed by atoms with Gasteiger partial charge >= 0.3 is 11.9 Å². The first-order valence-electron chi connectivity index (χ1n) is 5.70. The smallest absolute Gasteiger partial charge is 0.331 e. The van der Waals surface area contributed by atoms with Crippen LogP contribution in [0, 0.1) is 0 Å². The normalized spacial score (nSPS) is 11.3. The van der Waals surface area contributed by atoms with Gasteiger partial charge < -0.3 is 28.4 Å². The fourth-order valence-corrected chi connectivity index (χ4v) is 0.997. The van der Waals surface area contributed by atoms with Gasteiger partial charge in [-0.05, 0) is 0 Å². The van der Waals surface area contributed by atoms with Crippen molar-refractivity contribution in [2.24, 2.45) is 0 Å². The number of hydrogen-bond donors (Lipinski definition) is 0.